The summed E-state index contributed by atoms with van der Waals surface area (Å²) in [4.78, 5) is 11.0. The zero-order valence-corrected chi connectivity index (χ0v) is 17.9. The number of hydrogen-bond acceptors (Lipinski definition) is 5. The molecule has 0 amide bonds. The zero-order chi connectivity index (χ0) is 20.3. The molecule has 152 valence electrons. The highest BCUT2D eigenvalue weighted by Crippen LogP contribution is 2.33. The van der Waals surface area contributed by atoms with E-state index in [0.717, 1.165) is 36.0 Å². The minimum atomic E-state index is -0.872. The molecular weight excluding hydrogens is 374 g/mol. The van der Waals surface area contributed by atoms with Gasteiger partial charge >= 0.3 is 5.97 Å². The smallest absolute Gasteiger partial charge is 0.313 e. The predicted molar refractivity (Wildman–Crippen MR) is 111 cm³/mol. The Morgan fingerprint density at radius 2 is 2.04 bits per heavy atom. The Kier molecular flexibility index (Phi) is 6.59. The van der Waals surface area contributed by atoms with Crippen LogP contribution in [0.15, 0.2) is 16.3 Å². The predicted octanol–water partition coefficient (Wildman–Crippen LogP) is 4.38. The van der Waals surface area contributed by atoms with Crippen molar-refractivity contribution in [3.8, 4) is 0 Å². The van der Waals surface area contributed by atoms with Gasteiger partial charge in [0.2, 0.25) is 5.16 Å². The first-order valence-corrected chi connectivity index (χ1v) is 10.9. The van der Waals surface area contributed by atoms with E-state index < -0.39 is 5.97 Å². The Hall–Kier alpha value is -2.09. The Morgan fingerprint density at radius 1 is 1.32 bits per heavy atom. The molecule has 1 aliphatic rings. The molecule has 0 saturated heterocycles. The van der Waals surface area contributed by atoms with Gasteiger partial charge in [-0.25, -0.2) is 0 Å². The first-order valence-electron chi connectivity index (χ1n) is 9.91. The molecule has 1 aliphatic carbocycles. The molecular formula is C20H29N5O2S. The van der Waals surface area contributed by atoms with Crippen LogP contribution in [0.25, 0.3) is 0 Å². The molecule has 3 rings (SSSR count). The zero-order valence-electron chi connectivity index (χ0n) is 17.1. The summed E-state index contributed by atoms with van der Waals surface area (Å²) in [7, 11) is 0. The van der Waals surface area contributed by atoms with Crippen LogP contribution in [-0.2, 0) is 4.79 Å². The summed E-state index contributed by atoms with van der Waals surface area (Å²) >= 11 is 1.16. The molecule has 1 fully saturated rings. The molecule has 28 heavy (non-hydrogen) atoms. The number of carboxylic acids is 1. The maximum Gasteiger partial charge on any atom is 0.313 e. The monoisotopic (exact) mass is 403 g/mol. The van der Waals surface area contributed by atoms with E-state index in [2.05, 4.69) is 48.5 Å². The van der Waals surface area contributed by atoms with Crippen LogP contribution in [0.4, 0.5) is 0 Å². The van der Waals surface area contributed by atoms with Crippen LogP contribution in [-0.4, -0.2) is 42.5 Å². The molecule has 1 N–H and O–H groups in total. The van der Waals surface area contributed by atoms with Crippen molar-refractivity contribution in [3.63, 3.8) is 0 Å². The number of nitrogens with zero attached hydrogens (tertiary/aromatic N) is 5. The maximum atomic E-state index is 11.0. The number of aromatic nitrogens is 4. The fourth-order valence-electron chi connectivity index (χ4n) is 4.06. The van der Waals surface area contributed by atoms with Gasteiger partial charge in [-0.3, -0.25) is 4.79 Å². The van der Waals surface area contributed by atoms with Gasteiger partial charge in [0.05, 0.1) is 12.0 Å². The second-order valence-corrected chi connectivity index (χ2v) is 8.65. The number of aliphatic carboxylic acids is 1. The minimum Gasteiger partial charge on any atom is -0.481 e. The number of aryl methyl sites for hydroxylation is 1. The van der Waals surface area contributed by atoms with Gasteiger partial charge in [-0.05, 0) is 46.6 Å². The van der Waals surface area contributed by atoms with Crippen molar-refractivity contribution in [1.82, 2.24) is 19.4 Å². The summed E-state index contributed by atoms with van der Waals surface area (Å²) in [5, 5.41) is 22.9. The van der Waals surface area contributed by atoms with Crippen LogP contribution in [0.3, 0.4) is 0 Å². The Labute approximate surface area is 170 Å². The van der Waals surface area contributed by atoms with Crippen molar-refractivity contribution < 1.29 is 9.90 Å². The molecule has 0 aliphatic heterocycles. The number of carboxylic acid groups (broad SMARTS) is 1. The normalized spacial score (nSPS) is 15.8. The lowest BCUT2D eigenvalue weighted by atomic mass is 9.89. The number of hydrogen-bond donors (Lipinski definition) is 1. The quantitative estimate of drug-likeness (QED) is 0.547. The third kappa shape index (κ3) is 4.48. The average Bonchev–Trinajstić information content (AvgIpc) is 3.18. The van der Waals surface area contributed by atoms with Crippen LogP contribution in [0.1, 0.15) is 80.7 Å². The van der Waals surface area contributed by atoms with E-state index in [9.17, 15) is 4.79 Å². The molecule has 0 unspecified atom stereocenters. The first-order chi connectivity index (χ1) is 13.4. The number of carbonyl (C=O) groups is 1. The van der Waals surface area contributed by atoms with Gasteiger partial charge in [-0.15, -0.1) is 10.2 Å². The van der Waals surface area contributed by atoms with Crippen molar-refractivity contribution in [3.05, 3.63) is 28.8 Å². The number of thioether (sulfide) groups is 1. The largest absolute Gasteiger partial charge is 0.481 e. The lowest BCUT2D eigenvalue weighted by Crippen LogP contribution is -2.11. The van der Waals surface area contributed by atoms with Crippen molar-refractivity contribution in [2.24, 2.45) is 5.10 Å². The molecule has 8 heteroatoms. The molecule has 2 aromatic heterocycles. The van der Waals surface area contributed by atoms with Crippen molar-refractivity contribution >= 4 is 23.9 Å². The molecule has 0 spiro atoms. The van der Waals surface area contributed by atoms with Gasteiger partial charge in [0, 0.05) is 28.9 Å². The topological polar surface area (TPSA) is 85.3 Å². The van der Waals surface area contributed by atoms with E-state index in [-0.39, 0.29) is 5.75 Å². The van der Waals surface area contributed by atoms with Crippen LogP contribution >= 0.6 is 11.8 Å². The Balaban J connectivity index is 1.94. The van der Waals surface area contributed by atoms with Crippen LogP contribution in [0.5, 0.6) is 0 Å². The minimum absolute atomic E-state index is 0.0554. The second-order valence-electron chi connectivity index (χ2n) is 7.70. The first kappa shape index (κ1) is 20.6. The summed E-state index contributed by atoms with van der Waals surface area (Å²) < 4.78 is 4.04. The van der Waals surface area contributed by atoms with Gasteiger partial charge in [0.25, 0.3) is 0 Å². The fraction of sp³-hybridized carbons (Fsp3) is 0.600. The summed E-state index contributed by atoms with van der Waals surface area (Å²) in [6.07, 6.45) is 7.65. The molecule has 7 nitrogen and oxygen atoms in total. The van der Waals surface area contributed by atoms with Crippen LogP contribution < -0.4 is 0 Å². The Morgan fingerprint density at radius 3 is 2.64 bits per heavy atom. The van der Waals surface area contributed by atoms with Gasteiger partial charge in [0.15, 0.2) is 5.82 Å². The summed E-state index contributed by atoms with van der Waals surface area (Å²) in [5.41, 5.74) is 3.43. The van der Waals surface area contributed by atoms with Crippen LogP contribution in [0.2, 0.25) is 0 Å². The van der Waals surface area contributed by atoms with Gasteiger partial charge < -0.3 is 9.67 Å². The summed E-state index contributed by atoms with van der Waals surface area (Å²) in [6, 6.07) is 2.52. The van der Waals surface area contributed by atoms with E-state index >= 15 is 0 Å². The van der Waals surface area contributed by atoms with Crippen molar-refractivity contribution in [1.29, 1.82) is 0 Å². The number of rotatable bonds is 7. The lowest BCUT2D eigenvalue weighted by Gasteiger charge is -2.20. The molecule has 0 radical (unpaired) electrons. The van der Waals surface area contributed by atoms with E-state index in [4.69, 9.17) is 10.2 Å². The standard InChI is InChI=1S/C20H29N5O2S/c1-13(2)24-14(3)10-17(15(24)4)11-21-25-19(16-8-6-5-7-9-16)22-23-20(25)28-12-18(26)27/h10-11,13,16H,5-9,12H2,1-4H3,(H,26,27)/b21-11-. The van der Waals surface area contributed by atoms with Crippen molar-refractivity contribution in [2.75, 3.05) is 5.75 Å². The highest BCUT2D eigenvalue weighted by atomic mass is 32.2. The highest BCUT2D eigenvalue weighted by molar-refractivity contribution is 7.99. The van der Waals surface area contributed by atoms with Crippen molar-refractivity contribution in [2.45, 2.75) is 76.9 Å². The third-order valence-electron chi connectivity index (χ3n) is 5.28. The van der Waals surface area contributed by atoms with Gasteiger partial charge in [0.1, 0.15) is 0 Å². The van der Waals surface area contributed by atoms with E-state index in [1.165, 1.54) is 30.7 Å². The molecule has 0 atom stereocenters. The van der Waals surface area contributed by atoms with E-state index in [1.807, 2.05) is 6.21 Å². The van der Waals surface area contributed by atoms with Crippen LogP contribution in [0, 0.1) is 13.8 Å². The molecule has 2 aromatic rings. The Bertz CT molecular complexity index is 862. The molecule has 2 heterocycles. The van der Waals surface area contributed by atoms with Gasteiger partial charge in [-0.1, -0.05) is 31.0 Å². The third-order valence-corrected chi connectivity index (χ3v) is 6.19. The molecule has 0 aromatic carbocycles. The SMILES string of the molecule is Cc1cc(/C=N\n2c(SCC(=O)O)nnc2C2CCCCC2)c(C)n1C(C)C. The average molecular weight is 404 g/mol. The molecule has 0 bridgehead atoms. The summed E-state index contributed by atoms with van der Waals surface area (Å²) in [5.74, 6) is 0.255. The lowest BCUT2D eigenvalue weighted by molar-refractivity contribution is -0.133. The maximum absolute atomic E-state index is 11.0. The van der Waals surface area contributed by atoms with Gasteiger partial charge in [-0.2, -0.15) is 9.78 Å². The molecule has 1 saturated carbocycles. The summed E-state index contributed by atoms with van der Waals surface area (Å²) in [6.45, 7) is 8.54. The highest BCUT2D eigenvalue weighted by Gasteiger charge is 2.24. The van der Waals surface area contributed by atoms with E-state index in [0.29, 0.717) is 17.1 Å². The second kappa shape index (κ2) is 8.94. The fourth-order valence-corrected chi connectivity index (χ4v) is 4.68. The van der Waals surface area contributed by atoms with E-state index in [1.54, 1.807) is 4.68 Å².